The Kier molecular flexibility index (Phi) is 17.4. The number of amides is 7. The molecule has 0 unspecified atom stereocenters. The van der Waals surface area contributed by atoms with Crippen LogP contribution in [0.5, 0.6) is 11.5 Å². The third-order valence-electron chi connectivity index (χ3n) is 11.1. The summed E-state index contributed by atoms with van der Waals surface area (Å²) in [5.41, 5.74) is -0.801. The molecule has 1 aromatic rings. The summed E-state index contributed by atoms with van der Waals surface area (Å²) in [6.45, 7) is 12.3. The van der Waals surface area contributed by atoms with Crippen molar-refractivity contribution in [1.82, 2.24) is 36.4 Å². The number of hydrogen-bond donors (Lipinski definition) is 12. The van der Waals surface area contributed by atoms with Crippen molar-refractivity contribution in [2.24, 2.45) is 5.92 Å². The van der Waals surface area contributed by atoms with Crippen molar-refractivity contribution < 1.29 is 78.8 Å². The summed E-state index contributed by atoms with van der Waals surface area (Å²) in [5, 5.41) is 88.4. The summed E-state index contributed by atoms with van der Waals surface area (Å²) < 4.78 is 10.4. The first kappa shape index (κ1) is 51.8. The summed E-state index contributed by atoms with van der Waals surface area (Å²) in [4.78, 5) is 102. The van der Waals surface area contributed by atoms with Crippen LogP contribution in [0.15, 0.2) is 18.2 Å². The number of rotatable bonds is 8. The smallest absolute Gasteiger partial charge is 0.408 e. The summed E-state index contributed by atoms with van der Waals surface area (Å²) in [5.74, 6) is -7.96. The monoisotopic (exact) mass is 920 g/mol. The van der Waals surface area contributed by atoms with Gasteiger partial charge in [0.25, 0.3) is 0 Å². The first-order chi connectivity index (χ1) is 30.4. The van der Waals surface area contributed by atoms with E-state index in [0.717, 1.165) is 16.7 Å². The fourth-order valence-electron chi connectivity index (χ4n) is 7.78. The van der Waals surface area contributed by atoms with Crippen molar-refractivity contribution in [1.29, 1.82) is 0 Å². The van der Waals surface area contributed by atoms with Gasteiger partial charge in [-0.25, -0.2) is 11.4 Å². The number of benzene rings is 1. The molecule has 3 saturated heterocycles. The van der Waals surface area contributed by atoms with Crippen molar-refractivity contribution in [2.45, 2.75) is 132 Å². The molecule has 4 rings (SSSR count). The lowest BCUT2D eigenvalue weighted by molar-refractivity contribution is -0.147. The summed E-state index contributed by atoms with van der Waals surface area (Å²) >= 11 is 0. The molecule has 360 valence electrons. The fourth-order valence-corrected chi connectivity index (χ4v) is 7.78. The number of aliphatic hydroxyl groups excluding tert-OH is 6. The van der Waals surface area contributed by atoms with Gasteiger partial charge < -0.3 is 86.4 Å². The third kappa shape index (κ3) is 13.1. The molecule has 24 nitrogen and oxygen atoms in total. The van der Waals surface area contributed by atoms with Crippen LogP contribution < -0.4 is 31.3 Å². The average molecular weight is 921 g/mol. The van der Waals surface area contributed by atoms with Gasteiger partial charge >= 0.3 is 6.09 Å². The number of phenols is 1. The van der Waals surface area contributed by atoms with E-state index in [1.807, 2.05) is 0 Å². The number of β-amino-alcohol motifs (C(OH)–C–C–N with tert-alkyl or cyclic N) is 1. The molecule has 0 spiro atoms. The molecule has 7 amide bonds. The Hall–Kier alpha value is -5.84. The number of aliphatic hydroxyl groups is 6. The van der Waals surface area contributed by atoms with Gasteiger partial charge in [0.05, 0.1) is 37.6 Å². The van der Waals surface area contributed by atoms with Crippen LogP contribution in [0.25, 0.3) is 4.85 Å². The van der Waals surface area contributed by atoms with Gasteiger partial charge in [-0.1, -0.05) is 13.0 Å². The normalized spacial score (nSPS) is 30.2. The quantitative estimate of drug-likeness (QED) is 0.109. The molecule has 3 aliphatic heterocycles. The largest absolute Gasteiger partial charge is 0.504 e. The lowest BCUT2D eigenvalue weighted by Crippen LogP contribution is -2.64. The molecular weight excluding hydrogens is 860 g/mol. The molecule has 0 bridgehead atoms. The lowest BCUT2D eigenvalue weighted by Gasteiger charge is -2.33. The molecule has 3 fully saturated rings. The summed E-state index contributed by atoms with van der Waals surface area (Å²) in [6.07, 6.45) is -12.8. The van der Waals surface area contributed by atoms with Crippen molar-refractivity contribution in [3.8, 4) is 11.5 Å². The van der Waals surface area contributed by atoms with Crippen molar-refractivity contribution in [3.63, 3.8) is 0 Å². The number of nitrogens with zero attached hydrogens (tertiary/aromatic N) is 3. The minimum absolute atomic E-state index is 0.0149. The second-order valence-corrected chi connectivity index (χ2v) is 17.5. The zero-order valence-corrected chi connectivity index (χ0v) is 36.8. The van der Waals surface area contributed by atoms with Crippen LogP contribution in [-0.4, -0.2) is 199 Å². The van der Waals surface area contributed by atoms with Gasteiger partial charge in [-0.3, -0.25) is 28.8 Å². The molecule has 0 aliphatic carbocycles. The van der Waals surface area contributed by atoms with E-state index in [-0.39, 0.29) is 23.6 Å². The predicted molar refractivity (Wildman–Crippen MR) is 223 cm³/mol. The van der Waals surface area contributed by atoms with Crippen LogP contribution in [0.2, 0.25) is 0 Å². The Morgan fingerprint density at radius 2 is 1.51 bits per heavy atom. The van der Waals surface area contributed by atoms with E-state index >= 15 is 0 Å². The zero-order chi connectivity index (χ0) is 48.7. The van der Waals surface area contributed by atoms with E-state index in [0.29, 0.717) is 0 Å². The van der Waals surface area contributed by atoms with E-state index in [4.69, 9.17) is 16.0 Å². The Balaban J connectivity index is 1.84. The van der Waals surface area contributed by atoms with Gasteiger partial charge in [0.15, 0.2) is 17.6 Å². The number of carbonyl (C=O) groups excluding carboxylic acids is 7. The second kappa shape index (κ2) is 21.9. The maximum atomic E-state index is 14.4. The second-order valence-electron chi connectivity index (χ2n) is 17.5. The Labute approximate surface area is 374 Å². The predicted octanol–water partition coefficient (Wildman–Crippen LogP) is -4.64. The number of methoxy groups -OCH3 is 1. The number of fused-ring (bicyclic) bond motifs is 2. The molecular formula is C41H60N8O16. The molecule has 0 radical (unpaired) electrons. The van der Waals surface area contributed by atoms with Crippen molar-refractivity contribution in [2.75, 3.05) is 33.3 Å². The number of hydrogen-bond acceptors (Lipinski definition) is 16. The number of phenolic OH excluding ortho intramolecular Hbond substituents is 1. The highest BCUT2D eigenvalue weighted by Gasteiger charge is 2.50. The number of carbonyl (C=O) groups is 7. The highest BCUT2D eigenvalue weighted by molar-refractivity contribution is 5.98. The standard InChI is InChI=1S/C41H60N8O16/c1-18-16-49-32(33(18)56)37(60)43-14-21(51)12-23(44-40(63)65-41(3,4)5)34(57)45-29(19(2)50)38(61)48-17-22(52)13-24(48)35(58)46-30(36(59)47-31(39(49)62)27(55)15-42-6)26(54)10-20-8-9-25(53)28(11-20)64-7/h8-9,11,18-19,21-24,26-27,29-33,50-56H,10,12-17H2,1-5,7H3,(H,43,60)(H,44,63)(H,45,57)(H,46,58)(H,47,59)/t18-,19+,21+,22+,23-,24-,26+,27+,29-,30-,31-,32-,33-/m0/s1. The van der Waals surface area contributed by atoms with Gasteiger partial charge in [-0.2, -0.15) is 0 Å². The van der Waals surface area contributed by atoms with Crippen LogP contribution in [0, 0.1) is 12.5 Å². The lowest BCUT2D eigenvalue weighted by atomic mass is 9.99. The minimum atomic E-state index is -2.04. The number of nitrogens with one attached hydrogen (secondary N) is 5. The van der Waals surface area contributed by atoms with Gasteiger partial charge in [0, 0.05) is 44.8 Å². The number of alkyl carbamates (subject to hydrolysis) is 1. The van der Waals surface area contributed by atoms with E-state index in [9.17, 15) is 69.3 Å². The SMILES string of the molecule is [C-]#[N+]C[C@@H](O)[C@@H]1NC(=O)[C@H]([C@H](O)Cc2ccc(O)c(OC)c2)NC(=O)[C@@H]2C[C@@H](O)CN2C(=O)[C@H]([C@@H](C)O)NC(=O)[C@@H](NC(=O)OC(C)(C)C)C[C@@H](O)CNC(=O)[C@@H]2[C@@H](O)[C@@H](C)CN2C1=O. The van der Waals surface area contributed by atoms with Crippen LogP contribution in [0.4, 0.5) is 4.79 Å². The summed E-state index contributed by atoms with van der Waals surface area (Å²) in [6, 6.07) is -7.06. The average Bonchev–Trinajstić information content (AvgIpc) is 3.76. The van der Waals surface area contributed by atoms with Crippen LogP contribution in [0.3, 0.4) is 0 Å². The molecule has 12 N–H and O–H groups in total. The summed E-state index contributed by atoms with van der Waals surface area (Å²) in [7, 11) is 1.26. The fraction of sp³-hybridized carbons (Fsp3) is 0.659. The third-order valence-corrected chi connectivity index (χ3v) is 11.1. The van der Waals surface area contributed by atoms with Gasteiger partial charge in [-0.05, 0) is 45.4 Å². The Morgan fingerprint density at radius 3 is 2.12 bits per heavy atom. The van der Waals surface area contributed by atoms with Crippen molar-refractivity contribution in [3.05, 3.63) is 35.2 Å². The van der Waals surface area contributed by atoms with Gasteiger partial charge in [0.1, 0.15) is 41.9 Å². The number of aromatic hydroxyl groups is 1. The van der Waals surface area contributed by atoms with Crippen LogP contribution >= 0.6 is 0 Å². The highest BCUT2D eigenvalue weighted by atomic mass is 16.6. The minimum Gasteiger partial charge on any atom is -0.504 e. The topological polar surface area (TPSA) is 351 Å². The number of ether oxygens (including phenoxy) is 2. The van der Waals surface area contributed by atoms with Crippen LogP contribution in [-0.2, 0) is 39.9 Å². The van der Waals surface area contributed by atoms with E-state index in [1.165, 1.54) is 53.0 Å². The molecule has 0 saturated carbocycles. The van der Waals surface area contributed by atoms with Gasteiger partial charge in [-0.15, -0.1) is 0 Å². The molecule has 24 heteroatoms. The molecule has 3 heterocycles. The molecule has 13 atom stereocenters. The van der Waals surface area contributed by atoms with E-state index in [1.54, 1.807) is 0 Å². The van der Waals surface area contributed by atoms with Crippen LogP contribution in [0.1, 0.15) is 53.0 Å². The first-order valence-corrected chi connectivity index (χ1v) is 20.9. The Morgan fingerprint density at radius 1 is 0.877 bits per heavy atom. The van der Waals surface area contributed by atoms with Crippen molar-refractivity contribution >= 4 is 41.5 Å². The molecule has 1 aromatic carbocycles. The highest BCUT2D eigenvalue weighted by Crippen LogP contribution is 2.28. The van der Waals surface area contributed by atoms with Gasteiger partial charge in [0.2, 0.25) is 42.0 Å². The zero-order valence-electron chi connectivity index (χ0n) is 36.8. The molecule has 0 aromatic heterocycles. The van der Waals surface area contributed by atoms with E-state index < -0.39 is 165 Å². The van der Waals surface area contributed by atoms with E-state index in [2.05, 4.69) is 31.4 Å². The molecule has 65 heavy (non-hydrogen) atoms. The first-order valence-electron chi connectivity index (χ1n) is 20.9. The maximum absolute atomic E-state index is 14.4. The molecule has 3 aliphatic rings. The Bertz CT molecular complexity index is 1970. The maximum Gasteiger partial charge on any atom is 0.408 e.